The third-order valence-electron chi connectivity index (χ3n) is 0.579. The minimum absolute atomic E-state index is 1.50. The molecule has 0 rings (SSSR count). The van der Waals surface area contributed by atoms with Gasteiger partial charge in [-0.15, -0.1) is 0 Å². The molecule has 0 aromatic carbocycles. The van der Waals surface area contributed by atoms with Gasteiger partial charge in [-0.2, -0.15) is 4.81 Å². The second-order valence-corrected chi connectivity index (χ2v) is 0.889. The van der Waals surface area contributed by atoms with Crippen LogP contribution in [0.5, 0.6) is 0 Å². The maximum atomic E-state index is 3.67. The zero-order valence-electron chi connectivity index (χ0n) is 4.34. The molecule has 0 N–H and O–H groups in total. The molecule has 0 aliphatic carbocycles. The van der Waals surface area contributed by atoms with Gasteiger partial charge in [-0.25, -0.2) is 10.5 Å². The summed E-state index contributed by atoms with van der Waals surface area (Å²) in [7, 11) is 5.15. The van der Waals surface area contributed by atoms with Gasteiger partial charge in [0.15, 0.2) is 7.05 Å². The van der Waals surface area contributed by atoms with E-state index in [4.69, 9.17) is 0 Å². The van der Waals surface area contributed by atoms with Crippen molar-refractivity contribution >= 4 is 0 Å². The zero-order chi connectivity index (χ0) is 4.99. The Bertz CT molecular complexity index is 57.1. The van der Waals surface area contributed by atoms with Crippen molar-refractivity contribution in [3.8, 4) is 0 Å². The summed E-state index contributed by atoms with van der Waals surface area (Å²) < 4.78 is 0. The van der Waals surface area contributed by atoms with E-state index >= 15 is 0 Å². The fourth-order valence-electron chi connectivity index (χ4n) is 0.0894. The van der Waals surface area contributed by atoms with Gasteiger partial charge in [-0.3, -0.25) is 0 Å². The first kappa shape index (κ1) is 5.40. The summed E-state index contributed by atoms with van der Waals surface area (Å²) >= 11 is 0. The summed E-state index contributed by atoms with van der Waals surface area (Å²) in [5, 5.41) is 3.67. The van der Waals surface area contributed by atoms with Crippen molar-refractivity contribution in [2.75, 3.05) is 21.1 Å². The molecule has 0 radical (unpaired) electrons. The van der Waals surface area contributed by atoms with Crippen molar-refractivity contribution in [1.82, 2.24) is 0 Å². The predicted molar refractivity (Wildman–Crippen MR) is 23.8 cm³/mol. The number of hydrogen-bond donors (Lipinski definition) is 0. The van der Waals surface area contributed by atoms with Crippen molar-refractivity contribution in [3.63, 3.8) is 0 Å². The van der Waals surface area contributed by atoms with Crippen LogP contribution in [0.3, 0.4) is 0 Å². The van der Waals surface area contributed by atoms with Gasteiger partial charge in [-0.05, 0) is 14.1 Å². The smallest absolute Gasteiger partial charge is 0.152 e. The van der Waals surface area contributed by atoms with E-state index in [0.29, 0.717) is 0 Å². The molecule has 0 atom stereocenters. The molecule has 0 bridgehead atoms. The van der Waals surface area contributed by atoms with E-state index in [1.165, 1.54) is 4.81 Å². The van der Waals surface area contributed by atoms with E-state index < -0.39 is 0 Å². The van der Waals surface area contributed by atoms with E-state index in [1.807, 2.05) is 0 Å². The summed E-state index contributed by atoms with van der Waals surface area (Å²) in [6.45, 7) is 0. The average Bonchev–Trinajstić information content (AvgIpc) is 1.65. The molecule has 36 valence electrons. The topological polar surface area (TPSA) is 29.5 Å². The first-order valence-electron chi connectivity index (χ1n) is 1.74. The fraction of sp³-hybridized carbons (Fsp3) is 1.00. The second kappa shape index (κ2) is 2.63. The standard InChI is InChI=1S/C3H9N3/c1-4-6(3)5-2/h1-3H3. The number of hydrogen-bond acceptors (Lipinski definition) is 1. The van der Waals surface area contributed by atoms with E-state index in [-0.39, 0.29) is 0 Å². The van der Waals surface area contributed by atoms with E-state index in [9.17, 15) is 0 Å². The lowest BCUT2D eigenvalue weighted by Crippen LogP contribution is -1.89. The number of rotatable bonds is 1. The third-order valence-corrected chi connectivity index (χ3v) is 0.579. The Labute approximate surface area is 37.6 Å². The summed E-state index contributed by atoms with van der Waals surface area (Å²) in [4.78, 5) is 1.50. The Hall–Kier alpha value is -0.600. The molecule has 0 saturated heterocycles. The number of nitrogens with zero attached hydrogens (tertiary/aromatic N) is 3. The van der Waals surface area contributed by atoms with Crippen LogP contribution < -0.4 is 0 Å². The Morgan fingerprint density at radius 1 is 1.67 bits per heavy atom. The highest BCUT2D eigenvalue weighted by Gasteiger charge is 1.66. The quantitative estimate of drug-likeness (QED) is 0.255. The van der Waals surface area contributed by atoms with Gasteiger partial charge in [0.2, 0.25) is 0 Å². The molecule has 0 aliphatic rings. The maximum absolute atomic E-state index is 3.67. The molecule has 3 nitrogen and oxygen atoms in total. The van der Waals surface area contributed by atoms with Crippen molar-refractivity contribution in [2.45, 2.75) is 0 Å². The lowest BCUT2D eigenvalue weighted by Gasteiger charge is -1.92. The SMILES string of the molecule is CN=[N+](C)[N-]C. The predicted octanol–water partition coefficient (Wildman–Crippen LogP) is 0.629. The Morgan fingerprint density at radius 3 is 2.17 bits per heavy atom. The van der Waals surface area contributed by atoms with E-state index in [2.05, 4.69) is 10.5 Å². The van der Waals surface area contributed by atoms with Crippen LogP contribution in [0.15, 0.2) is 5.11 Å². The van der Waals surface area contributed by atoms with Crippen molar-refractivity contribution < 1.29 is 4.81 Å². The molecule has 0 unspecified atom stereocenters. The van der Waals surface area contributed by atoms with Gasteiger partial charge in [-0.1, -0.05) is 0 Å². The van der Waals surface area contributed by atoms with Crippen LogP contribution in [0.1, 0.15) is 0 Å². The van der Waals surface area contributed by atoms with Crippen LogP contribution in [-0.2, 0) is 0 Å². The third kappa shape index (κ3) is 1.69. The molecule has 6 heavy (non-hydrogen) atoms. The van der Waals surface area contributed by atoms with Crippen molar-refractivity contribution in [1.29, 1.82) is 0 Å². The normalized spacial score (nSPS) is 11.5. The monoisotopic (exact) mass is 87.1 g/mol. The number of azo groups is 1. The van der Waals surface area contributed by atoms with Crippen LogP contribution in [0.2, 0.25) is 0 Å². The van der Waals surface area contributed by atoms with Gasteiger partial charge < -0.3 is 0 Å². The van der Waals surface area contributed by atoms with Crippen LogP contribution in [0.25, 0.3) is 5.43 Å². The van der Waals surface area contributed by atoms with Crippen LogP contribution >= 0.6 is 0 Å². The fourth-order valence-corrected chi connectivity index (χ4v) is 0.0894. The lowest BCUT2D eigenvalue weighted by atomic mass is 11.3. The van der Waals surface area contributed by atoms with Crippen LogP contribution in [0, 0.1) is 0 Å². The highest BCUT2D eigenvalue weighted by molar-refractivity contribution is 4.33. The van der Waals surface area contributed by atoms with Gasteiger partial charge in [0, 0.05) is 0 Å². The molecule has 0 fully saturated rings. The first-order chi connectivity index (χ1) is 2.81. The molecule has 0 saturated carbocycles. The molecule has 0 heterocycles. The molecule has 0 spiro atoms. The molecule has 0 aliphatic heterocycles. The molecule has 0 aromatic heterocycles. The summed E-state index contributed by atoms with van der Waals surface area (Å²) in [6, 6.07) is 0. The average molecular weight is 87.1 g/mol. The lowest BCUT2D eigenvalue weighted by molar-refractivity contribution is -0.515. The first-order valence-corrected chi connectivity index (χ1v) is 1.74. The molecule has 0 amide bonds. The van der Waals surface area contributed by atoms with Crippen molar-refractivity contribution in [2.24, 2.45) is 5.11 Å². The Balaban J connectivity index is 3.22. The molecular formula is C3H9N3. The van der Waals surface area contributed by atoms with Crippen molar-refractivity contribution in [3.05, 3.63) is 5.43 Å². The highest BCUT2D eigenvalue weighted by Crippen LogP contribution is 1.74. The molecule has 3 heteroatoms. The summed E-state index contributed by atoms with van der Waals surface area (Å²) in [6.07, 6.45) is 0. The van der Waals surface area contributed by atoms with Gasteiger partial charge >= 0.3 is 0 Å². The van der Waals surface area contributed by atoms with Gasteiger partial charge in [0.25, 0.3) is 0 Å². The molecule has 0 aromatic rings. The maximum Gasteiger partial charge on any atom is 0.152 e. The largest absolute Gasteiger partial charge is 0.224 e. The van der Waals surface area contributed by atoms with Crippen LogP contribution in [0.4, 0.5) is 0 Å². The second-order valence-electron chi connectivity index (χ2n) is 0.889. The zero-order valence-corrected chi connectivity index (χ0v) is 4.34. The van der Waals surface area contributed by atoms with E-state index in [0.717, 1.165) is 0 Å². The minimum Gasteiger partial charge on any atom is -0.224 e. The minimum atomic E-state index is 1.50. The molecular weight excluding hydrogens is 78.1 g/mol. The Morgan fingerprint density at radius 2 is 2.17 bits per heavy atom. The van der Waals surface area contributed by atoms with Gasteiger partial charge in [0.05, 0.1) is 0 Å². The summed E-state index contributed by atoms with van der Waals surface area (Å²) in [5.74, 6) is 0. The summed E-state index contributed by atoms with van der Waals surface area (Å²) in [5.41, 5.74) is 3.67. The van der Waals surface area contributed by atoms with E-state index in [1.54, 1.807) is 21.1 Å². The Kier molecular flexibility index (Phi) is 2.36. The van der Waals surface area contributed by atoms with Crippen LogP contribution in [-0.4, -0.2) is 25.9 Å². The highest BCUT2D eigenvalue weighted by atomic mass is 15.5. The van der Waals surface area contributed by atoms with Gasteiger partial charge in [0.1, 0.15) is 0 Å².